The molecule has 1 aliphatic heterocycles. The molecule has 2 aromatic carbocycles. The minimum atomic E-state index is -0.590. The van der Waals surface area contributed by atoms with Crippen molar-refractivity contribution in [3.63, 3.8) is 0 Å². The van der Waals surface area contributed by atoms with Crippen molar-refractivity contribution in [2.24, 2.45) is 16.6 Å². The van der Waals surface area contributed by atoms with Crippen LogP contribution in [0.1, 0.15) is 12.0 Å². The van der Waals surface area contributed by atoms with E-state index >= 15 is 0 Å². The molecule has 0 aliphatic carbocycles. The van der Waals surface area contributed by atoms with E-state index < -0.39 is 11.8 Å². The third-order valence-electron chi connectivity index (χ3n) is 3.65. The highest BCUT2D eigenvalue weighted by molar-refractivity contribution is 6.30. The lowest BCUT2D eigenvalue weighted by atomic mass is 10.00. The minimum absolute atomic E-state index is 0.0329. The molecule has 2 amide bonds. The topological polar surface area (TPSA) is 81.8 Å². The summed E-state index contributed by atoms with van der Waals surface area (Å²) in [5, 5.41) is 1.97. The first-order chi connectivity index (χ1) is 11.5. The Morgan fingerprint density at radius 1 is 1.25 bits per heavy atom. The van der Waals surface area contributed by atoms with E-state index in [9.17, 15) is 9.59 Å². The Hall–Kier alpha value is -2.66. The van der Waals surface area contributed by atoms with E-state index in [1.54, 1.807) is 24.3 Å². The van der Waals surface area contributed by atoms with Gasteiger partial charge >= 0.3 is 0 Å². The molecule has 0 fully saturated rings. The van der Waals surface area contributed by atoms with E-state index in [0.29, 0.717) is 22.7 Å². The number of carbonyl (C=O) groups is 2. The maximum atomic E-state index is 12.0. The molecule has 1 aliphatic rings. The maximum Gasteiger partial charge on any atom is 0.253 e. The summed E-state index contributed by atoms with van der Waals surface area (Å²) < 4.78 is 5.72. The smallest absolute Gasteiger partial charge is 0.253 e. The molecule has 6 heteroatoms. The number of hydrogen-bond acceptors (Lipinski definition) is 3. The number of hydrogen-bond donors (Lipinski definition) is 1. The van der Waals surface area contributed by atoms with Gasteiger partial charge < -0.3 is 10.5 Å². The van der Waals surface area contributed by atoms with Crippen LogP contribution in [0.25, 0.3) is 6.08 Å². The van der Waals surface area contributed by atoms with Crippen molar-refractivity contribution in [3.8, 4) is 5.75 Å². The fraction of sp³-hybridized carbons (Fsp3) is 0.167. The van der Waals surface area contributed by atoms with Crippen molar-refractivity contribution in [2.45, 2.75) is 13.0 Å². The van der Waals surface area contributed by atoms with Crippen LogP contribution in [0.15, 0.2) is 47.5 Å². The summed E-state index contributed by atoms with van der Waals surface area (Å²) in [6.45, 7) is 0.362. The summed E-state index contributed by atoms with van der Waals surface area (Å²) in [6, 6.07) is 12.7. The van der Waals surface area contributed by atoms with Gasteiger partial charge in [0.2, 0.25) is 5.91 Å². The number of halogens is 1. The van der Waals surface area contributed by atoms with Crippen molar-refractivity contribution in [1.82, 2.24) is 0 Å². The second-order valence-corrected chi connectivity index (χ2v) is 5.97. The van der Waals surface area contributed by atoms with Gasteiger partial charge in [-0.2, -0.15) is 0 Å². The second-order valence-electron chi connectivity index (χ2n) is 5.53. The largest absolute Gasteiger partial charge is 0.489 e. The molecule has 0 bridgehead atoms. The molecule has 0 aromatic heterocycles. The number of nitrogens with two attached hydrogens (primary N) is 1. The second kappa shape index (κ2) is 6.84. The van der Waals surface area contributed by atoms with Gasteiger partial charge in [-0.15, -0.1) is 0 Å². The van der Waals surface area contributed by atoms with Crippen molar-refractivity contribution < 1.29 is 14.3 Å². The van der Waals surface area contributed by atoms with E-state index in [4.69, 9.17) is 22.1 Å². The molecule has 24 heavy (non-hydrogen) atoms. The molecule has 1 heterocycles. The summed E-state index contributed by atoms with van der Waals surface area (Å²) in [4.78, 5) is 27.0. The van der Waals surface area contributed by atoms with Gasteiger partial charge in [0.1, 0.15) is 12.4 Å². The Morgan fingerprint density at radius 3 is 2.83 bits per heavy atom. The molecule has 122 valence electrons. The molecule has 3 rings (SSSR count). The summed E-state index contributed by atoms with van der Waals surface area (Å²) in [5.41, 5.74) is 6.10. The third kappa shape index (κ3) is 3.81. The Morgan fingerprint density at radius 2 is 2.08 bits per heavy atom. The lowest BCUT2D eigenvalue weighted by molar-refractivity contribution is -0.125. The van der Waals surface area contributed by atoms with Crippen LogP contribution in [0.2, 0.25) is 5.02 Å². The molecule has 2 N–H and O–H groups in total. The molecular formula is C18H15ClN2O3. The fourth-order valence-corrected chi connectivity index (χ4v) is 2.71. The molecule has 1 unspecified atom stereocenters. The summed E-state index contributed by atoms with van der Waals surface area (Å²) >= 11 is 5.94. The zero-order valence-corrected chi connectivity index (χ0v) is 13.5. The monoisotopic (exact) mass is 342 g/mol. The Balaban J connectivity index is 1.80. The highest BCUT2D eigenvalue weighted by atomic mass is 35.5. The summed E-state index contributed by atoms with van der Waals surface area (Å²) in [6.07, 6.45) is 1.69. The highest BCUT2D eigenvalue weighted by Crippen LogP contribution is 2.14. The molecule has 0 spiro atoms. The van der Waals surface area contributed by atoms with Gasteiger partial charge in [0.15, 0.2) is 0 Å². The zero-order chi connectivity index (χ0) is 17.1. The number of benzene rings is 2. The quantitative estimate of drug-likeness (QED) is 0.890. The number of amides is 2. The molecule has 0 saturated heterocycles. The van der Waals surface area contributed by atoms with Gasteiger partial charge in [-0.25, -0.2) is 4.99 Å². The number of fused-ring (bicyclic) bond motifs is 1. The average Bonchev–Trinajstić information content (AvgIpc) is 2.53. The summed E-state index contributed by atoms with van der Waals surface area (Å²) in [7, 11) is 0. The lowest BCUT2D eigenvalue weighted by Gasteiger charge is -2.11. The van der Waals surface area contributed by atoms with Crippen LogP contribution >= 0.6 is 11.6 Å². The normalized spacial score (nSPS) is 15.9. The summed E-state index contributed by atoms with van der Waals surface area (Å²) in [5.74, 6) is -0.877. The number of nitrogens with zero attached hydrogens (tertiary/aromatic N) is 1. The Bertz CT molecular complexity index is 924. The van der Waals surface area contributed by atoms with Crippen LogP contribution in [-0.2, 0) is 16.2 Å². The SMILES string of the molecule is NC(=O)CC1C=c2ccc(OCc3cccc(Cl)c3)cc2=NC1=O. The van der Waals surface area contributed by atoms with E-state index in [-0.39, 0.29) is 12.3 Å². The molecule has 5 nitrogen and oxygen atoms in total. The van der Waals surface area contributed by atoms with Crippen LogP contribution in [0.5, 0.6) is 5.75 Å². The van der Waals surface area contributed by atoms with Crippen LogP contribution in [-0.4, -0.2) is 11.8 Å². The fourth-order valence-electron chi connectivity index (χ4n) is 2.50. The average molecular weight is 343 g/mol. The van der Waals surface area contributed by atoms with Gasteiger partial charge in [0, 0.05) is 17.5 Å². The third-order valence-corrected chi connectivity index (χ3v) is 3.88. The van der Waals surface area contributed by atoms with Gasteiger partial charge in [-0.05, 0) is 35.0 Å². The minimum Gasteiger partial charge on any atom is -0.489 e. The molecule has 0 saturated carbocycles. The first-order valence-electron chi connectivity index (χ1n) is 7.41. The molecule has 0 radical (unpaired) electrons. The first-order valence-corrected chi connectivity index (χ1v) is 7.79. The van der Waals surface area contributed by atoms with Crippen LogP contribution < -0.4 is 21.0 Å². The standard InChI is InChI=1S/C18H15ClN2O3/c19-14-3-1-2-11(6-14)10-24-15-5-4-12-7-13(8-17(20)22)18(23)21-16(12)9-15/h1-7,9,13H,8,10H2,(H2,20,22). The maximum absolute atomic E-state index is 12.0. The van der Waals surface area contributed by atoms with Gasteiger partial charge in [0.25, 0.3) is 5.91 Å². The Kier molecular flexibility index (Phi) is 4.62. The van der Waals surface area contributed by atoms with Gasteiger partial charge in [-0.3, -0.25) is 9.59 Å². The van der Waals surface area contributed by atoms with Crippen LogP contribution in [0.3, 0.4) is 0 Å². The molecule has 1 atom stereocenters. The van der Waals surface area contributed by atoms with Crippen molar-refractivity contribution >= 4 is 29.5 Å². The van der Waals surface area contributed by atoms with Crippen molar-refractivity contribution in [2.75, 3.05) is 0 Å². The van der Waals surface area contributed by atoms with E-state index in [1.807, 2.05) is 24.3 Å². The van der Waals surface area contributed by atoms with Crippen LogP contribution in [0.4, 0.5) is 0 Å². The van der Waals surface area contributed by atoms with Crippen molar-refractivity contribution in [3.05, 3.63) is 63.6 Å². The highest BCUT2D eigenvalue weighted by Gasteiger charge is 2.20. The van der Waals surface area contributed by atoms with Gasteiger partial charge in [-0.1, -0.05) is 29.8 Å². The molecular weight excluding hydrogens is 328 g/mol. The number of primary amides is 1. The zero-order valence-electron chi connectivity index (χ0n) is 12.7. The lowest BCUT2D eigenvalue weighted by Crippen LogP contribution is -2.35. The number of ether oxygens (including phenoxy) is 1. The first kappa shape index (κ1) is 16.2. The number of rotatable bonds is 5. The molecule has 2 aromatic rings. The van der Waals surface area contributed by atoms with Crippen molar-refractivity contribution in [1.29, 1.82) is 0 Å². The predicted molar refractivity (Wildman–Crippen MR) is 89.8 cm³/mol. The van der Waals surface area contributed by atoms with E-state index in [0.717, 1.165) is 10.8 Å². The van der Waals surface area contributed by atoms with E-state index in [1.165, 1.54) is 0 Å². The van der Waals surface area contributed by atoms with Gasteiger partial charge in [0.05, 0.1) is 11.3 Å². The van der Waals surface area contributed by atoms with E-state index in [2.05, 4.69) is 4.99 Å². The number of carbonyl (C=O) groups excluding carboxylic acids is 2. The Labute approximate surface area is 143 Å². The predicted octanol–water partition coefficient (Wildman–Crippen LogP) is 1.35. The van der Waals surface area contributed by atoms with Crippen LogP contribution in [0, 0.1) is 5.92 Å².